The fourth-order valence-electron chi connectivity index (χ4n) is 2.57. The van der Waals surface area contributed by atoms with Crippen LogP contribution in [0.5, 0.6) is 0 Å². The molecule has 1 aliphatic rings. The van der Waals surface area contributed by atoms with E-state index in [0.29, 0.717) is 11.2 Å². The van der Waals surface area contributed by atoms with Gasteiger partial charge in [-0.3, -0.25) is 9.09 Å². The standard InChI is InChI=1S/C11H16N5O6P/c1-5-8(17)6(2-21-23(18,19)20)22-11(5)16-4-15-7-9(12)13-3-14-10(7)16/h3-6,8,11,17H,2H2,1H3,(H2,12,13,14)(H2,18,19,20)/t5?,6-,8+,11-/m1/s1. The number of nitrogens with two attached hydrogens (primary N) is 1. The van der Waals surface area contributed by atoms with Crippen LogP contribution < -0.4 is 5.73 Å². The Labute approximate surface area is 130 Å². The van der Waals surface area contributed by atoms with Gasteiger partial charge in [-0.2, -0.15) is 0 Å². The maximum absolute atomic E-state index is 10.8. The summed E-state index contributed by atoms with van der Waals surface area (Å²) in [6.07, 6.45) is 0.271. The Morgan fingerprint density at radius 2 is 2.17 bits per heavy atom. The van der Waals surface area contributed by atoms with E-state index in [2.05, 4.69) is 19.5 Å². The van der Waals surface area contributed by atoms with Crippen molar-refractivity contribution in [1.29, 1.82) is 0 Å². The predicted molar refractivity (Wildman–Crippen MR) is 76.8 cm³/mol. The Kier molecular flexibility index (Phi) is 4.08. The van der Waals surface area contributed by atoms with E-state index in [4.69, 9.17) is 20.3 Å². The summed E-state index contributed by atoms with van der Waals surface area (Å²) in [5.41, 5.74) is 6.58. The lowest BCUT2D eigenvalue weighted by Crippen LogP contribution is -2.29. The van der Waals surface area contributed by atoms with Crippen LogP contribution in [0.15, 0.2) is 12.7 Å². The van der Waals surface area contributed by atoms with E-state index in [1.54, 1.807) is 11.5 Å². The SMILES string of the molecule is CC1[C@H](n2cnc3c(N)ncnc32)O[C@H](COP(=O)(O)O)[C@H]1O. The number of fused-ring (bicyclic) bond motifs is 1. The topological polar surface area (TPSA) is 166 Å². The molecule has 2 aromatic rings. The maximum atomic E-state index is 10.8. The summed E-state index contributed by atoms with van der Waals surface area (Å²) in [6.45, 7) is 1.30. The van der Waals surface area contributed by atoms with Crippen molar-refractivity contribution < 1.29 is 28.7 Å². The molecular formula is C11H16N5O6P. The summed E-state index contributed by atoms with van der Waals surface area (Å²) in [5.74, 6) is -0.157. The van der Waals surface area contributed by atoms with E-state index < -0.39 is 32.9 Å². The highest BCUT2D eigenvalue weighted by molar-refractivity contribution is 7.46. The fourth-order valence-corrected chi connectivity index (χ4v) is 2.92. The van der Waals surface area contributed by atoms with E-state index in [1.807, 2.05) is 0 Å². The van der Waals surface area contributed by atoms with Crippen LogP contribution in [0.1, 0.15) is 13.2 Å². The van der Waals surface area contributed by atoms with E-state index in [-0.39, 0.29) is 11.7 Å². The smallest absolute Gasteiger partial charge is 0.390 e. The Morgan fingerprint density at radius 3 is 2.87 bits per heavy atom. The summed E-state index contributed by atoms with van der Waals surface area (Å²) < 4.78 is 22.5. The van der Waals surface area contributed by atoms with Gasteiger partial charge >= 0.3 is 7.82 Å². The number of nitrogens with zero attached hydrogens (tertiary/aromatic N) is 4. The van der Waals surface area contributed by atoms with E-state index in [9.17, 15) is 9.67 Å². The molecule has 5 N–H and O–H groups in total. The molecule has 1 fully saturated rings. The molecule has 4 atom stereocenters. The highest BCUT2D eigenvalue weighted by Crippen LogP contribution is 2.40. The van der Waals surface area contributed by atoms with E-state index >= 15 is 0 Å². The Hall–Kier alpha value is -1.62. The van der Waals surface area contributed by atoms with Crippen LogP contribution >= 0.6 is 7.82 Å². The first-order valence-electron chi connectivity index (χ1n) is 6.74. The second-order valence-corrected chi connectivity index (χ2v) is 6.52. The number of rotatable bonds is 4. The maximum Gasteiger partial charge on any atom is 0.469 e. The Balaban J connectivity index is 1.85. The van der Waals surface area contributed by atoms with Gasteiger partial charge in [-0.05, 0) is 0 Å². The number of imidazole rings is 1. The van der Waals surface area contributed by atoms with Crippen molar-refractivity contribution >= 4 is 24.8 Å². The minimum Gasteiger partial charge on any atom is -0.390 e. The van der Waals surface area contributed by atoms with Crippen molar-refractivity contribution in [2.45, 2.75) is 25.4 Å². The van der Waals surface area contributed by atoms with Gasteiger partial charge in [0, 0.05) is 5.92 Å². The monoisotopic (exact) mass is 345 g/mol. The Bertz CT molecular complexity index is 762. The molecule has 0 amide bonds. The molecule has 3 heterocycles. The quantitative estimate of drug-likeness (QED) is 0.526. The van der Waals surface area contributed by atoms with Crippen LogP contribution in [0.2, 0.25) is 0 Å². The van der Waals surface area contributed by atoms with Gasteiger partial charge in [0.05, 0.1) is 19.0 Å². The lowest BCUT2D eigenvalue weighted by atomic mass is 10.0. The summed E-state index contributed by atoms with van der Waals surface area (Å²) in [5, 5.41) is 10.2. The number of phosphoric acid groups is 1. The molecule has 0 radical (unpaired) electrons. The molecule has 12 heteroatoms. The molecule has 0 aliphatic carbocycles. The number of aromatic nitrogens is 4. The van der Waals surface area contributed by atoms with Crippen LogP contribution in [-0.4, -0.2) is 53.2 Å². The number of ether oxygens (including phenoxy) is 1. The largest absolute Gasteiger partial charge is 0.469 e. The first kappa shape index (κ1) is 16.2. The number of phosphoric ester groups is 1. The molecule has 3 rings (SSSR count). The number of hydrogen-bond donors (Lipinski definition) is 4. The number of nitrogen functional groups attached to an aromatic ring is 1. The van der Waals surface area contributed by atoms with Crippen LogP contribution in [0.4, 0.5) is 5.82 Å². The number of aliphatic hydroxyl groups excluding tert-OH is 1. The minimum atomic E-state index is -4.64. The minimum absolute atomic E-state index is 0.223. The second kappa shape index (κ2) is 5.78. The van der Waals surface area contributed by atoms with Crippen molar-refractivity contribution in [1.82, 2.24) is 19.5 Å². The van der Waals surface area contributed by atoms with Gasteiger partial charge in [-0.25, -0.2) is 19.5 Å². The highest BCUT2D eigenvalue weighted by atomic mass is 31.2. The Morgan fingerprint density at radius 1 is 1.43 bits per heavy atom. The third-order valence-electron chi connectivity index (χ3n) is 3.75. The van der Waals surface area contributed by atoms with E-state index in [0.717, 1.165) is 0 Å². The molecular weight excluding hydrogens is 329 g/mol. The molecule has 1 saturated heterocycles. The summed E-state index contributed by atoms with van der Waals surface area (Å²) in [7, 11) is -4.64. The van der Waals surface area contributed by atoms with Gasteiger partial charge < -0.3 is 25.4 Å². The van der Waals surface area contributed by atoms with Gasteiger partial charge in [0.2, 0.25) is 0 Å². The average molecular weight is 345 g/mol. The first-order valence-corrected chi connectivity index (χ1v) is 8.27. The average Bonchev–Trinajstić information content (AvgIpc) is 3.01. The zero-order valence-corrected chi connectivity index (χ0v) is 12.9. The molecule has 11 nitrogen and oxygen atoms in total. The molecule has 0 spiro atoms. The van der Waals surface area contributed by atoms with Gasteiger partial charge in [0.1, 0.15) is 24.2 Å². The predicted octanol–water partition coefficient (Wildman–Crippen LogP) is -0.588. The molecule has 0 bridgehead atoms. The van der Waals surface area contributed by atoms with Crippen LogP contribution in [-0.2, 0) is 13.8 Å². The summed E-state index contributed by atoms with van der Waals surface area (Å²) in [6, 6.07) is 0. The van der Waals surface area contributed by atoms with Crippen LogP contribution in [0, 0.1) is 5.92 Å². The van der Waals surface area contributed by atoms with E-state index in [1.165, 1.54) is 12.7 Å². The van der Waals surface area contributed by atoms with Crippen molar-refractivity contribution in [2.75, 3.05) is 12.3 Å². The highest BCUT2D eigenvalue weighted by Gasteiger charge is 2.43. The third kappa shape index (κ3) is 3.07. The second-order valence-electron chi connectivity index (χ2n) is 5.28. The first-order chi connectivity index (χ1) is 10.8. The third-order valence-corrected chi connectivity index (χ3v) is 4.24. The summed E-state index contributed by atoms with van der Waals surface area (Å²) in [4.78, 5) is 29.6. The molecule has 0 aromatic carbocycles. The van der Waals surface area contributed by atoms with Crippen molar-refractivity contribution in [3.05, 3.63) is 12.7 Å². The van der Waals surface area contributed by atoms with Crippen molar-refractivity contribution in [2.24, 2.45) is 5.92 Å². The van der Waals surface area contributed by atoms with Crippen molar-refractivity contribution in [3.8, 4) is 0 Å². The fraction of sp³-hybridized carbons (Fsp3) is 0.545. The number of anilines is 1. The molecule has 126 valence electrons. The molecule has 1 unspecified atom stereocenters. The van der Waals surface area contributed by atoms with Crippen LogP contribution in [0.3, 0.4) is 0 Å². The molecule has 23 heavy (non-hydrogen) atoms. The lowest BCUT2D eigenvalue weighted by molar-refractivity contribution is -0.0439. The number of aliphatic hydroxyl groups is 1. The summed E-state index contributed by atoms with van der Waals surface area (Å²) >= 11 is 0. The normalized spacial score (nSPS) is 28.5. The zero-order valence-electron chi connectivity index (χ0n) is 12.1. The van der Waals surface area contributed by atoms with Gasteiger partial charge in [-0.15, -0.1) is 0 Å². The number of hydrogen-bond acceptors (Lipinski definition) is 8. The van der Waals surface area contributed by atoms with Gasteiger partial charge in [-0.1, -0.05) is 6.92 Å². The van der Waals surface area contributed by atoms with Crippen molar-refractivity contribution in [3.63, 3.8) is 0 Å². The van der Waals surface area contributed by atoms with Crippen LogP contribution in [0.25, 0.3) is 11.2 Å². The molecule has 2 aromatic heterocycles. The zero-order chi connectivity index (χ0) is 16.8. The lowest BCUT2D eigenvalue weighted by Gasteiger charge is -2.17. The van der Waals surface area contributed by atoms with Gasteiger partial charge in [0.25, 0.3) is 0 Å². The van der Waals surface area contributed by atoms with Gasteiger partial charge in [0.15, 0.2) is 11.5 Å². The molecule has 1 aliphatic heterocycles. The molecule has 0 saturated carbocycles.